The van der Waals surface area contributed by atoms with Crippen LogP contribution < -0.4 is 10.7 Å². The average Bonchev–Trinajstić information content (AvgIpc) is 3.94. The Kier molecular flexibility index (Phi) is 10.8. The standard InChI is InChI=1S/C43H50N7O6SSi.CH3.In/c1-8-48(26(4)51)19-16-34(52)46-43-39(58-43)42(43)22-35-45-32(23-57-35)27-14-15-33-29(20-27)30(37(49(33)9-2)28-12-10-17-44-36(28)25(3)55-7)21-41(5,6)24-56-38(53)31-13-11-18-50(47-31)40(42)54;;/h10,12,14-17,20,23,25,31,47H,1,8-9,11,13,18-19,21-22,24H2,2-7H3,(H,46,52);1H3;/t25-,31-,42?,43?;;/m0../s1. The molecule has 7 heterocycles. The Labute approximate surface area is 364 Å². The van der Waals surface area contributed by atoms with Crippen LogP contribution in [0, 0.1) is 10.8 Å². The zero-order chi connectivity index (χ0) is 42.3. The quantitative estimate of drug-likeness (QED) is 0.206. The van der Waals surface area contributed by atoms with Crippen LogP contribution in [0.1, 0.15) is 69.8 Å². The summed E-state index contributed by atoms with van der Waals surface area (Å²) in [5.74, 6) is -0.537. The first kappa shape index (κ1) is 41.6. The Bertz CT molecular complexity index is 2470. The van der Waals surface area contributed by atoms with Gasteiger partial charge in [0, 0.05) is 36.3 Å². The molecule has 313 valence electrons. The number of rotatable bonds is 6. The van der Waals surface area contributed by atoms with Crippen LogP contribution in [0.3, 0.4) is 0 Å². The number of methoxy groups -OCH3 is 1. The van der Waals surface area contributed by atoms with Gasteiger partial charge in [-0.3, -0.25) is 4.98 Å². The van der Waals surface area contributed by atoms with E-state index in [9.17, 15) is 19.2 Å². The van der Waals surface area contributed by atoms with E-state index in [1.54, 1.807) is 23.9 Å². The third kappa shape index (κ3) is 6.92. The summed E-state index contributed by atoms with van der Waals surface area (Å²) in [6, 6.07) is 9.94. The summed E-state index contributed by atoms with van der Waals surface area (Å²) in [7, 11) is 2.04. The first-order valence-electron chi connectivity index (χ1n) is 21.3. The number of thiazole rings is 1. The number of pyridine rings is 1. The number of fused-ring (bicyclic) bond motifs is 9. The Morgan fingerprint density at radius 1 is 1.20 bits per heavy atom. The van der Waals surface area contributed by atoms with E-state index >= 15 is 0 Å². The van der Waals surface area contributed by atoms with Crippen LogP contribution in [0.5, 0.6) is 0 Å². The van der Waals surface area contributed by atoms with Crippen LogP contribution in [0.25, 0.3) is 33.4 Å². The second kappa shape index (κ2) is 15.6. The van der Waals surface area contributed by atoms with E-state index in [1.807, 2.05) is 19.2 Å². The van der Waals surface area contributed by atoms with Crippen LogP contribution in [0.15, 0.2) is 41.9 Å². The predicted octanol–water partition coefficient (Wildman–Crippen LogP) is 4.78. The minimum atomic E-state index is -2.26. The molecule has 3 fully saturated rings. The molecule has 2 N–H and O–H groups in total. The van der Waals surface area contributed by atoms with Crippen molar-refractivity contribution >= 4 is 81.7 Å². The number of cyclic esters (lactones) is 1. The molecule has 16 heteroatoms. The Balaban J connectivity index is 1.13. The molecular weight excluding hydrogens is 897 g/mol. The van der Waals surface area contributed by atoms with Gasteiger partial charge in [0.25, 0.3) is 0 Å². The molecule has 1 spiro atoms. The van der Waals surface area contributed by atoms with Crippen LogP contribution >= 0.6 is 11.3 Å². The normalized spacial score (nSPS) is 26.6. The van der Waals surface area contributed by atoms with Crippen molar-refractivity contribution < 1.29 is 28.7 Å². The molecule has 3 amide bonds. The SMILES string of the molecule is CCn1c(-c2cccnc2[C@H](C)OC)c2c3cc(ccc31)-c1csc(n1)CC1(C(=O)N3CCC[C@H](N3)C(=O)OCC(C)(C)C2)C2=[Si]C21NC(=O)[C@H]1CN(C(C)=O)C[CH2][In]1[CH3]. The summed E-state index contributed by atoms with van der Waals surface area (Å²) in [6.45, 7) is 12.6. The van der Waals surface area contributed by atoms with E-state index in [1.165, 1.54) is 11.3 Å². The molecule has 2 unspecified atom stereocenters. The molecule has 1 saturated carbocycles. The van der Waals surface area contributed by atoms with E-state index in [0.717, 1.165) is 72.1 Å². The zero-order valence-corrected chi connectivity index (χ0v) is 40.6. The van der Waals surface area contributed by atoms with Gasteiger partial charge in [0.15, 0.2) is 0 Å². The number of benzene rings is 1. The molecule has 13 nitrogen and oxygen atoms in total. The second-order valence-electron chi connectivity index (χ2n) is 18.1. The average molecular weight is 951 g/mol. The molecule has 4 aromatic rings. The Morgan fingerprint density at radius 2 is 2.02 bits per heavy atom. The molecule has 2 saturated heterocycles. The molecule has 4 aliphatic heterocycles. The van der Waals surface area contributed by atoms with Crippen LogP contribution in [-0.2, 0) is 48.0 Å². The van der Waals surface area contributed by atoms with Gasteiger partial charge in [-0.1, -0.05) is 13.8 Å². The van der Waals surface area contributed by atoms with E-state index in [0.29, 0.717) is 47.9 Å². The van der Waals surface area contributed by atoms with Crippen molar-refractivity contribution in [3.05, 3.63) is 58.2 Å². The van der Waals surface area contributed by atoms with Crippen molar-refractivity contribution in [2.45, 2.75) is 96.7 Å². The monoisotopic (exact) mass is 950 g/mol. The second-order valence-corrected chi connectivity index (χ2v) is 30.1. The molecule has 5 atom stereocenters. The maximum atomic E-state index is 14.9. The van der Waals surface area contributed by atoms with Gasteiger partial charge in [-0.25, -0.2) is 0 Å². The number of aryl methyl sites for hydroxylation is 1. The molecule has 9 rings (SSSR count). The van der Waals surface area contributed by atoms with E-state index < -0.39 is 43.5 Å². The van der Waals surface area contributed by atoms with E-state index in [2.05, 4.69) is 70.4 Å². The number of nitrogens with one attached hydrogen (secondary N) is 2. The van der Waals surface area contributed by atoms with Crippen LogP contribution in [0.2, 0.25) is 12.5 Å². The molecule has 5 aliphatic rings. The van der Waals surface area contributed by atoms with Gasteiger partial charge < -0.3 is 9.30 Å². The predicted molar refractivity (Wildman–Crippen MR) is 234 cm³/mol. The van der Waals surface area contributed by atoms with Gasteiger partial charge in [-0.05, 0) is 38.0 Å². The number of ether oxygens (including phenoxy) is 2. The van der Waals surface area contributed by atoms with Crippen molar-refractivity contribution in [2.75, 3.05) is 33.4 Å². The number of hydrogen-bond acceptors (Lipinski definition) is 10. The summed E-state index contributed by atoms with van der Waals surface area (Å²) in [6.07, 6.45) is 3.74. The fraction of sp³-hybridized carbons (Fsp3) is 0.523. The van der Waals surface area contributed by atoms with E-state index in [4.69, 9.17) is 19.4 Å². The topological polar surface area (TPSA) is 148 Å². The minimum absolute atomic E-state index is 0.00267. The fourth-order valence-electron chi connectivity index (χ4n) is 9.94. The van der Waals surface area contributed by atoms with Crippen molar-refractivity contribution in [1.29, 1.82) is 0 Å². The summed E-state index contributed by atoms with van der Waals surface area (Å²) in [5.41, 5.74) is 8.86. The van der Waals surface area contributed by atoms with Gasteiger partial charge in [0.1, 0.15) is 0 Å². The van der Waals surface area contributed by atoms with E-state index in [-0.39, 0.29) is 40.1 Å². The molecular formula is C44H53InN7O6SSi. The van der Waals surface area contributed by atoms with Crippen molar-refractivity contribution in [2.24, 2.45) is 10.8 Å². The fourth-order valence-corrected chi connectivity index (χ4v) is 19.3. The first-order valence-corrected chi connectivity index (χ1v) is 30.7. The maximum absolute atomic E-state index is 14.9. The Hall–Kier alpha value is -3.70. The number of hydrogen-bond donors (Lipinski definition) is 2. The summed E-state index contributed by atoms with van der Waals surface area (Å²) in [4.78, 5) is 67.2. The molecule has 6 bridgehead atoms. The van der Waals surface area contributed by atoms with Crippen molar-refractivity contribution in [3.8, 4) is 22.5 Å². The number of carbonyl (C=O) groups excluding carboxylic acids is 4. The number of amides is 3. The third-order valence-electron chi connectivity index (χ3n) is 13.6. The Morgan fingerprint density at radius 3 is 2.77 bits per heavy atom. The number of aromatic nitrogens is 3. The summed E-state index contributed by atoms with van der Waals surface area (Å²) in [5, 5.41) is 9.35. The molecule has 3 aromatic heterocycles. The van der Waals surface area contributed by atoms with Crippen LogP contribution in [0.4, 0.5) is 0 Å². The summed E-state index contributed by atoms with van der Waals surface area (Å²) >= 11 is -0.723. The number of nitrogens with zero attached hydrogens (tertiary/aromatic N) is 5. The van der Waals surface area contributed by atoms with Crippen molar-refractivity contribution in [1.82, 2.24) is 35.2 Å². The third-order valence-corrected chi connectivity index (χ3v) is 25.2. The molecule has 60 heavy (non-hydrogen) atoms. The first-order chi connectivity index (χ1) is 28.7. The van der Waals surface area contributed by atoms with Gasteiger partial charge >= 0.3 is 247 Å². The summed E-state index contributed by atoms with van der Waals surface area (Å²) < 4.78 is 17.4. The number of esters is 1. The molecule has 1 aromatic carbocycles. The van der Waals surface area contributed by atoms with Crippen LogP contribution in [-0.4, -0.2) is 128 Å². The van der Waals surface area contributed by atoms with Gasteiger partial charge in [-0.2, -0.15) is 0 Å². The number of carbonyl (C=O) groups is 4. The molecule has 1 radical (unpaired) electrons. The van der Waals surface area contributed by atoms with Crippen molar-refractivity contribution in [3.63, 3.8) is 0 Å². The zero-order valence-electron chi connectivity index (χ0n) is 35.5. The van der Waals surface area contributed by atoms with Gasteiger partial charge in [-0.15, -0.1) is 0 Å². The van der Waals surface area contributed by atoms with Gasteiger partial charge in [0.2, 0.25) is 0 Å². The van der Waals surface area contributed by atoms with Gasteiger partial charge in [0.05, 0.1) is 17.5 Å². The number of hydrazine groups is 1. The molecule has 1 aliphatic carbocycles.